The lowest BCUT2D eigenvalue weighted by atomic mass is 10.1. The van der Waals surface area contributed by atoms with Gasteiger partial charge in [0.15, 0.2) is 5.75 Å². The number of rotatable bonds is 14. The van der Waals surface area contributed by atoms with Crippen LogP contribution in [0.1, 0.15) is 18.9 Å². The van der Waals surface area contributed by atoms with Gasteiger partial charge in [0.25, 0.3) is 5.91 Å². The Bertz CT molecular complexity index is 1210. The van der Waals surface area contributed by atoms with Crippen molar-refractivity contribution in [2.75, 3.05) is 36.4 Å². The number of halogens is 2. The van der Waals surface area contributed by atoms with Gasteiger partial charge in [-0.15, -0.1) is 23.2 Å². The number of amides is 1. The van der Waals surface area contributed by atoms with Crippen LogP contribution in [0.2, 0.25) is 0 Å². The van der Waals surface area contributed by atoms with Crippen LogP contribution in [-0.2, 0) is 11.3 Å². The minimum Gasteiger partial charge on any atom is -0.487 e. The maximum absolute atomic E-state index is 12.3. The molecule has 0 aliphatic carbocycles. The second kappa shape index (κ2) is 14.2. The summed E-state index contributed by atoms with van der Waals surface area (Å²) < 4.78 is 7.03. The van der Waals surface area contributed by atoms with Gasteiger partial charge in [-0.1, -0.05) is 19.1 Å². The number of hydrogen-bond acceptors (Lipinski definition) is 7. The lowest BCUT2D eigenvalue weighted by Crippen LogP contribution is -2.27. The Kier molecular flexibility index (Phi) is 10.7. The molecule has 1 aromatic heterocycles. The number of nitro benzene ring substituents is 1. The standard InChI is InChI=1S/C25H28Cl2N6O4/c1-2-13-37-24-8-5-20(14-23(24)33(35)36)22-16-31(18-28-22)17-25(34)30-29-15-19-3-6-21(7-4-19)32(11-9-26)12-10-27/h3-8,14-16,18H,2,9-13,17H2,1H3,(H,30,34)/b29-15-. The number of ether oxygens (including phenoxy) is 1. The summed E-state index contributed by atoms with van der Waals surface area (Å²) in [7, 11) is 0. The van der Waals surface area contributed by atoms with Crippen LogP contribution in [-0.4, -0.2) is 58.1 Å². The molecule has 0 aliphatic rings. The fourth-order valence-corrected chi connectivity index (χ4v) is 3.88. The minimum absolute atomic E-state index is 0.0190. The van der Waals surface area contributed by atoms with E-state index in [0.717, 1.165) is 17.7 Å². The molecular weight excluding hydrogens is 519 g/mol. The molecule has 2 aromatic carbocycles. The Balaban J connectivity index is 1.58. The molecule has 1 N–H and O–H groups in total. The molecule has 0 radical (unpaired) electrons. The third-order valence-corrected chi connectivity index (χ3v) is 5.58. The smallest absolute Gasteiger partial charge is 0.311 e. The first-order chi connectivity index (χ1) is 17.9. The number of imidazole rings is 1. The van der Waals surface area contributed by atoms with Gasteiger partial charge in [0, 0.05) is 48.4 Å². The minimum atomic E-state index is -0.486. The monoisotopic (exact) mass is 546 g/mol. The highest BCUT2D eigenvalue weighted by Crippen LogP contribution is 2.32. The molecule has 0 saturated carbocycles. The van der Waals surface area contributed by atoms with Crippen molar-refractivity contribution in [3.05, 3.63) is 70.7 Å². The molecule has 10 nitrogen and oxygen atoms in total. The number of nitrogens with zero attached hydrogens (tertiary/aromatic N) is 5. The molecule has 0 fully saturated rings. The molecule has 1 amide bonds. The van der Waals surface area contributed by atoms with Gasteiger partial charge >= 0.3 is 5.69 Å². The lowest BCUT2D eigenvalue weighted by molar-refractivity contribution is -0.385. The molecule has 37 heavy (non-hydrogen) atoms. The number of anilines is 1. The van der Waals surface area contributed by atoms with Crippen molar-refractivity contribution in [2.24, 2.45) is 5.10 Å². The van der Waals surface area contributed by atoms with E-state index in [0.29, 0.717) is 42.7 Å². The summed E-state index contributed by atoms with van der Waals surface area (Å²) in [5, 5.41) is 15.5. The molecule has 196 valence electrons. The van der Waals surface area contributed by atoms with E-state index in [1.165, 1.54) is 12.4 Å². The molecule has 0 unspecified atom stereocenters. The average molecular weight is 547 g/mol. The van der Waals surface area contributed by atoms with Gasteiger partial charge in [0.2, 0.25) is 0 Å². The topological polar surface area (TPSA) is 115 Å². The average Bonchev–Trinajstić information content (AvgIpc) is 3.36. The summed E-state index contributed by atoms with van der Waals surface area (Å²) in [6, 6.07) is 12.3. The maximum atomic E-state index is 12.3. The molecule has 0 aliphatic heterocycles. The van der Waals surface area contributed by atoms with Crippen molar-refractivity contribution in [1.82, 2.24) is 15.0 Å². The number of hydrazone groups is 1. The summed E-state index contributed by atoms with van der Waals surface area (Å²) in [6.45, 7) is 3.69. The molecule has 1 heterocycles. The van der Waals surface area contributed by atoms with Crippen molar-refractivity contribution in [3.63, 3.8) is 0 Å². The number of carbonyl (C=O) groups excluding carboxylic acids is 1. The van der Waals surface area contributed by atoms with Crippen LogP contribution in [0.25, 0.3) is 11.3 Å². The summed E-state index contributed by atoms with van der Waals surface area (Å²) in [5.74, 6) is 0.876. The SMILES string of the molecule is CCCOc1ccc(-c2cn(CC(=O)N/N=C\c3ccc(N(CCCl)CCCl)cc3)cn2)cc1[N+](=O)[O-]. The van der Waals surface area contributed by atoms with E-state index >= 15 is 0 Å². The fourth-order valence-electron chi connectivity index (χ4n) is 3.47. The van der Waals surface area contributed by atoms with Crippen molar-refractivity contribution < 1.29 is 14.5 Å². The van der Waals surface area contributed by atoms with Gasteiger partial charge < -0.3 is 14.2 Å². The van der Waals surface area contributed by atoms with E-state index in [1.807, 2.05) is 31.2 Å². The summed E-state index contributed by atoms with van der Waals surface area (Å²) in [6.07, 6.45) is 5.42. The largest absolute Gasteiger partial charge is 0.487 e. The van der Waals surface area contributed by atoms with Gasteiger partial charge in [0.1, 0.15) is 6.54 Å². The van der Waals surface area contributed by atoms with E-state index in [1.54, 1.807) is 29.1 Å². The van der Waals surface area contributed by atoms with E-state index < -0.39 is 4.92 Å². The molecule has 3 aromatic rings. The molecule has 0 saturated heterocycles. The van der Waals surface area contributed by atoms with Gasteiger partial charge in [-0.05, 0) is 36.2 Å². The van der Waals surface area contributed by atoms with Crippen LogP contribution >= 0.6 is 23.2 Å². The predicted octanol–water partition coefficient (Wildman–Crippen LogP) is 4.68. The van der Waals surface area contributed by atoms with Crippen LogP contribution in [0.15, 0.2) is 60.1 Å². The first kappa shape index (κ1) is 27.9. The fraction of sp³-hybridized carbons (Fsp3) is 0.320. The zero-order valence-electron chi connectivity index (χ0n) is 20.3. The maximum Gasteiger partial charge on any atom is 0.311 e. The first-order valence-electron chi connectivity index (χ1n) is 11.7. The van der Waals surface area contributed by atoms with Crippen LogP contribution in [0, 0.1) is 10.1 Å². The van der Waals surface area contributed by atoms with Crippen LogP contribution in [0.4, 0.5) is 11.4 Å². The normalized spacial score (nSPS) is 11.0. The Hall–Kier alpha value is -3.63. The van der Waals surface area contributed by atoms with E-state index in [4.69, 9.17) is 27.9 Å². The van der Waals surface area contributed by atoms with E-state index in [-0.39, 0.29) is 23.9 Å². The van der Waals surface area contributed by atoms with Crippen LogP contribution in [0.5, 0.6) is 5.75 Å². The van der Waals surface area contributed by atoms with E-state index in [2.05, 4.69) is 20.4 Å². The Morgan fingerprint density at radius 1 is 1.22 bits per heavy atom. The van der Waals surface area contributed by atoms with E-state index in [9.17, 15) is 14.9 Å². The van der Waals surface area contributed by atoms with Gasteiger partial charge in [0.05, 0.1) is 29.8 Å². The summed E-state index contributed by atoms with van der Waals surface area (Å²) >= 11 is 11.7. The molecule has 0 atom stereocenters. The number of aromatic nitrogens is 2. The van der Waals surface area contributed by atoms with Crippen molar-refractivity contribution in [1.29, 1.82) is 0 Å². The van der Waals surface area contributed by atoms with Gasteiger partial charge in [-0.25, -0.2) is 10.4 Å². The molecule has 0 bridgehead atoms. The first-order valence-corrected chi connectivity index (χ1v) is 12.7. The van der Waals surface area contributed by atoms with Gasteiger partial charge in [-0.3, -0.25) is 14.9 Å². The summed E-state index contributed by atoms with van der Waals surface area (Å²) in [5.41, 5.74) is 5.23. The Labute approximate surface area is 225 Å². The molecule has 0 spiro atoms. The lowest BCUT2D eigenvalue weighted by Gasteiger charge is -2.22. The predicted molar refractivity (Wildman–Crippen MR) is 146 cm³/mol. The molecule has 3 rings (SSSR count). The summed E-state index contributed by atoms with van der Waals surface area (Å²) in [4.78, 5) is 29.6. The highest BCUT2D eigenvalue weighted by molar-refractivity contribution is 6.18. The number of alkyl halides is 2. The third kappa shape index (κ3) is 8.19. The zero-order valence-corrected chi connectivity index (χ0v) is 21.9. The second-order valence-corrected chi connectivity index (χ2v) is 8.72. The number of hydrogen-bond donors (Lipinski definition) is 1. The van der Waals surface area contributed by atoms with Crippen LogP contribution in [0.3, 0.4) is 0 Å². The Morgan fingerprint density at radius 3 is 2.59 bits per heavy atom. The van der Waals surface area contributed by atoms with Crippen LogP contribution < -0.4 is 15.1 Å². The Morgan fingerprint density at radius 2 is 1.95 bits per heavy atom. The van der Waals surface area contributed by atoms with Crippen molar-refractivity contribution >= 4 is 46.7 Å². The van der Waals surface area contributed by atoms with Gasteiger partial charge in [-0.2, -0.15) is 5.10 Å². The number of carbonyl (C=O) groups is 1. The molecular formula is C25H28Cl2N6O4. The third-order valence-electron chi connectivity index (χ3n) is 5.24. The van der Waals surface area contributed by atoms with Crippen molar-refractivity contribution in [2.45, 2.75) is 19.9 Å². The quantitative estimate of drug-likeness (QED) is 0.136. The number of nitro groups is 1. The highest BCUT2D eigenvalue weighted by Gasteiger charge is 2.17. The molecule has 12 heteroatoms. The highest BCUT2D eigenvalue weighted by atomic mass is 35.5. The second-order valence-electron chi connectivity index (χ2n) is 7.97. The number of benzene rings is 2. The van der Waals surface area contributed by atoms with Crippen molar-refractivity contribution in [3.8, 4) is 17.0 Å². The number of nitrogens with one attached hydrogen (secondary N) is 1. The zero-order chi connectivity index (χ0) is 26.6.